The van der Waals surface area contributed by atoms with Crippen LogP contribution in [0, 0.1) is 0 Å². The zero-order valence-corrected chi connectivity index (χ0v) is 9.50. The molecule has 3 nitrogen and oxygen atoms in total. The molecule has 0 N–H and O–H groups in total. The van der Waals surface area contributed by atoms with E-state index in [0.717, 1.165) is 19.6 Å². The first-order valence-corrected chi connectivity index (χ1v) is 5.68. The minimum Gasteiger partial charge on any atom is -0.385 e. The van der Waals surface area contributed by atoms with Crippen molar-refractivity contribution < 1.29 is 9.57 Å². The van der Waals surface area contributed by atoms with Gasteiger partial charge in [0.25, 0.3) is 0 Å². The lowest BCUT2D eigenvalue weighted by molar-refractivity contribution is -0.169. The summed E-state index contributed by atoms with van der Waals surface area (Å²) in [5.41, 5.74) is 0. The molecule has 0 atom stereocenters. The van der Waals surface area contributed by atoms with Crippen LogP contribution in [0.3, 0.4) is 0 Å². The summed E-state index contributed by atoms with van der Waals surface area (Å²) in [4.78, 5) is 5.41. The smallest absolute Gasteiger partial charge is 0.0575 e. The zero-order chi connectivity index (χ0) is 10.2. The fourth-order valence-electron chi connectivity index (χ4n) is 2.16. The number of rotatable bonds is 6. The van der Waals surface area contributed by atoms with Gasteiger partial charge < -0.3 is 9.57 Å². The van der Waals surface area contributed by atoms with Gasteiger partial charge in [0, 0.05) is 26.3 Å². The Morgan fingerprint density at radius 1 is 1.14 bits per heavy atom. The highest BCUT2D eigenvalue weighted by atomic mass is 16.7. The van der Waals surface area contributed by atoms with E-state index < -0.39 is 0 Å². The lowest BCUT2D eigenvalue weighted by atomic mass is 9.95. The molecule has 0 radical (unpaired) electrons. The minimum atomic E-state index is 0.644. The predicted molar refractivity (Wildman–Crippen MR) is 57.1 cm³/mol. The van der Waals surface area contributed by atoms with Crippen LogP contribution in [0.25, 0.3) is 0 Å². The maximum atomic E-state index is 5.41. The Bertz CT molecular complexity index is 135. The quantitative estimate of drug-likeness (QED) is 0.486. The van der Waals surface area contributed by atoms with Crippen molar-refractivity contribution in [2.24, 2.45) is 0 Å². The summed E-state index contributed by atoms with van der Waals surface area (Å²) in [6.07, 6.45) is 7.75. The van der Waals surface area contributed by atoms with Crippen LogP contribution in [-0.2, 0) is 9.57 Å². The third kappa shape index (κ3) is 3.95. The van der Waals surface area contributed by atoms with Crippen LogP contribution < -0.4 is 0 Å². The second-order valence-electron chi connectivity index (χ2n) is 3.96. The predicted octanol–water partition coefficient (Wildman–Crippen LogP) is 2.22. The maximum Gasteiger partial charge on any atom is 0.0575 e. The summed E-state index contributed by atoms with van der Waals surface area (Å²) in [5, 5.41) is 2.14. The SMILES string of the molecule is COCCCN(OC)C1CCCCC1. The van der Waals surface area contributed by atoms with E-state index in [9.17, 15) is 0 Å². The molecular formula is C11H23NO2. The molecule has 84 valence electrons. The van der Waals surface area contributed by atoms with Crippen LogP contribution in [0.2, 0.25) is 0 Å². The molecule has 3 heteroatoms. The van der Waals surface area contributed by atoms with E-state index in [1.54, 1.807) is 14.2 Å². The van der Waals surface area contributed by atoms with Crippen LogP contribution in [0.15, 0.2) is 0 Å². The summed E-state index contributed by atoms with van der Waals surface area (Å²) in [6, 6.07) is 0.644. The van der Waals surface area contributed by atoms with E-state index in [2.05, 4.69) is 5.06 Å². The van der Waals surface area contributed by atoms with Gasteiger partial charge in [-0.3, -0.25) is 0 Å². The van der Waals surface area contributed by atoms with Crippen LogP contribution in [-0.4, -0.2) is 38.5 Å². The van der Waals surface area contributed by atoms with Crippen molar-refractivity contribution in [3.8, 4) is 0 Å². The van der Waals surface area contributed by atoms with E-state index >= 15 is 0 Å². The molecule has 0 saturated heterocycles. The van der Waals surface area contributed by atoms with Gasteiger partial charge in [-0.2, -0.15) is 5.06 Å². The molecule has 1 aliphatic rings. The summed E-state index contributed by atoms with van der Waals surface area (Å²) < 4.78 is 5.04. The van der Waals surface area contributed by atoms with Crippen LogP contribution in [0.4, 0.5) is 0 Å². The Balaban J connectivity index is 2.21. The van der Waals surface area contributed by atoms with E-state index in [-0.39, 0.29) is 0 Å². The molecule has 1 saturated carbocycles. The lowest BCUT2D eigenvalue weighted by Crippen LogP contribution is -2.36. The van der Waals surface area contributed by atoms with Gasteiger partial charge in [-0.15, -0.1) is 0 Å². The topological polar surface area (TPSA) is 21.7 Å². The van der Waals surface area contributed by atoms with E-state index in [1.807, 2.05) is 0 Å². The van der Waals surface area contributed by atoms with Crippen LogP contribution in [0.5, 0.6) is 0 Å². The number of methoxy groups -OCH3 is 1. The van der Waals surface area contributed by atoms with Gasteiger partial charge in [-0.05, 0) is 19.3 Å². The molecule has 1 rings (SSSR count). The third-order valence-electron chi connectivity index (χ3n) is 2.94. The molecule has 0 amide bonds. The number of hydroxylamine groups is 2. The molecule has 1 fully saturated rings. The molecule has 0 aliphatic heterocycles. The van der Waals surface area contributed by atoms with Gasteiger partial charge in [0.15, 0.2) is 0 Å². The highest BCUT2D eigenvalue weighted by molar-refractivity contribution is 4.71. The molecule has 0 aromatic rings. The summed E-state index contributed by atoms with van der Waals surface area (Å²) in [7, 11) is 3.53. The normalized spacial score (nSPS) is 19.1. The number of hydrogen-bond donors (Lipinski definition) is 0. The molecule has 0 unspecified atom stereocenters. The zero-order valence-electron chi connectivity index (χ0n) is 9.50. The van der Waals surface area contributed by atoms with Gasteiger partial charge in [0.1, 0.15) is 0 Å². The molecule has 1 aliphatic carbocycles. The summed E-state index contributed by atoms with van der Waals surface area (Å²) >= 11 is 0. The van der Waals surface area contributed by atoms with Gasteiger partial charge in [0.2, 0.25) is 0 Å². The average Bonchev–Trinajstić information content (AvgIpc) is 2.26. The summed E-state index contributed by atoms with van der Waals surface area (Å²) in [6.45, 7) is 1.82. The fourth-order valence-corrected chi connectivity index (χ4v) is 2.16. The van der Waals surface area contributed by atoms with Crippen molar-refractivity contribution in [3.63, 3.8) is 0 Å². The Hall–Kier alpha value is -0.120. The highest BCUT2D eigenvalue weighted by Gasteiger charge is 2.20. The average molecular weight is 201 g/mol. The molecule has 0 aromatic carbocycles. The second-order valence-corrected chi connectivity index (χ2v) is 3.96. The third-order valence-corrected chi connectivity index (χ3v) is 2.94. The first-order valence-electron chi connectivity index (χ1n) is 5.68. The first-order chi connectivity index (χ1) is 6.88. The molecule has 0 spiro atoms. The van der Waals surface area contributed by atoms with E-state index in [4.69, 9.17) is 9.57 Å². The Kier molecular flexibility index (Phi) is 6.15. The van der Waals surface area contributed by atoms with E-state index in [1.165, 1.54) is 32.1 Å². The lowest BCUT2D eigenvalue weighted by Gasteiger charge is -2.32. The van der Waals surface area contributed by atoms with Gasteiger partial charge in [-0.25, -0.2) is 0 Å². The standard InChI is InChI=1S/C11H23NO2/c1-13-10-6-9-12(14-2)11-7-4-3-5-8-11/h11H,3-10H2,1-2H3. The van der Waals surface area contributed by atoms with Gasteiger partial charge in [-0.1, -0.05) is 19.3 Å². The minimum absolute atomic E-state index is 0.644. The van der Waals surface area contributed by atoms with Gasteiger partial charge >= 0.3 is 0 Å². The van der Waals surface area contributed by atoms with Crippen molar-refractivity contribution in [1.82, 2.24) is 5.06 Å². The van der Waals surface area contributed by atoms with Crippen molar-refractivity contribution in [1.29, 1.82) is 0 Å². The molecular weight excluding hydrogens is 178 g/mol. The Morgan fingerprint density at radius 3 is 2.43 bits per heavy atom. The number of hydrogen-bond acceptors (Lipinski definition) is 3. The monoisotopic (exact) mass is 201 g/mol. The van der Waals surface area contributed by atoms with Crippen LogP contribution >= 0.6 is 0 Å². The fraction of sp³-hybridized carbons (Fsp3) is 1.00. The van der Waals surface area contributed by atoms with Crippen LogP contribution in [0.1, 0.15) is 38.5 Å². The molecule has 0 heterocycles. The van der Waals surface area contributed by atoms with Crippen molar-refractivity contribution in [2.45, 2.75) is 44.6 Å². The van der Waals surface area contributed by atoms with E-state index in [0.29, 0.717) is 6.04 Å². The molecule has 14 heavy (non-hydrogen) atoms. The number of ether oxygens (including phenoxy) is 1. The second kappa shape index (κ2) is 7.21. The molecule has 0 bridgehead atoms. The first kappa shape index (κ1) is 12.0. The Morgan fingerprint density at radius 2 is 1.86 bits per heavy atom. The van der Waals surface area contributed by atoms with Crippen molar-refractivity contribution >= 4 is 0 Å². The maximum absolute atomic E-state index is 5.41. The summed E-state index contributed by atoms with van der Waals surface area (Å²) in [5.74, 6) is 0. The van der Waals surface area contributed by atoms with Crippen molar-refractivity contribution in [3.05, 3.63) is 0 Å². The highest BCUT2D eigenvalue weighted by Crippen LogP contribution is 2.22. The van der Waals surface area contributed by atoms with Crippen molar-refractivity contribution in [2.75, 3.05) is 27.4 Å². The molecule has 0 aromatic heterocycles. The van der Waals surface area contributed by atoms with Gasteiger partial charge in [0.05, 0.1) is 7.11 Å². The largest absolute Gasteiger partial charge is 0.385 e. The Labute approximate surface area is 87.3 Å². The number of nitrogens with zero attached hydrogens (tertiary/aromatic N) is 1.